The van der Waals surface area contributed by atoms with Gasteiger partial charge in [0.05, 0.1) is 22.4 Å². The second-order valence-corrected chi connectivity index (χ2v) is 9.47. The summed E-state index contributed by atoms with van der Waals surface area (Å²) in [5.41, 5.74) is 2.13. The third-order valence-corrected chi connectivity index (χ3v) is 6.81. The van der Waals surface area contributed by atoms with E-state index < -0.39 is 17.7 Å². The summed E-state index contributed by atoms with van der Waals surface area (Å²) < 4.78 is 12.4. The van der Waals surface area contributed by atoms with E-state index in [1.54, 1.807) is 43.3 Å². The number of Topliss-reactive ketones (excluding diaryl/α,β-unsaturated/α-hetero) is 1. The van der Waals surface area contributed by atoms with Crippen LogP contribution in [-0.2, 0) is 9.59 Å². The maximum absolute atomic E-state index is 13.3. The number of aromatic nitrogens is 1. The highest BCUT2D eigenvalue weighted by molar-refractivity contribution is 7.22. The lowest BCUT2D eigenvalue weighted by Gasteiger charge is -2.20. The number of hydrogen-bond donors (Lipinski definition) is 1. The molecule has 1 amide bonds. The summed E-state index contributed by atoms with van der Waals surface area (Å²) in [5, 5.41) is 11.7. The molecule has 2 aromatic carbocycles. The third kappa shape index (κ3) is 4.10. The lowest BCUT2D eigenvalue weighted by Crippen LogP contribution is -2.29. The highest BCUT2D eigenvalue weighted by Crippen LogP contribution is 2.44. The van der Waals surface area contributed by atoms with Crippen molar-refractivity contribution in [3.8, 4) is 5.75 Å². The number of carbonyl (C=O) groups is 2. The minimum Gasteiger partial charge on any atom is -0.507 e. The van der Waals surface area contributed by atoms with E-state index >= 15 is 0 Å². The number of carbonyl (C=O) groups excluding carboxylic acids is 2. The van der Waals surface area contributed by atoms with Crippen molar-refractivity contribution in [3.05, 3.63) is 82.8 Å². The fourth-order valence-corrected chi connectivity index (χ4v) is 5.22. The van der Waals surface area contributed by atoms with E-state index in [0.717, 1.165) is 22.2 Å². The molecule has 1 saturated heterocycles. The van der Waals surface area contributed by atoms with Crippen molar-refractivity contribution in [2.24, 2.45) is 0 Å². The number of ether oxygens (including phenoxy) is 1. The van der Waals surface area contributed by atoms with Crippen LogP contribution < -0.4 is 9.64 Å². The highest BCUT2D eigenvalue weighted by atomic mass is 32.1. The zero-order valence-electron chi connectivity index (χ0n) is 19.6. The van der Waals surface area contributed by atoms with Crippen molar-refractivity contribution >= 4 is 44.1 Å². The van der Waals surface area contributed by atoms with Crippen LogP contribution in [0.4, 0.5) is 5.13 Å². The van der Waals surface area contributed by atoms with Crippen molar-refractivity contribution in [1.82, 2.24) is 4.98 Å². The summed E-state index contributed by atoms with van der Waals surface area (Å²) in [6.45, 7) is 6.29. The molecular weight excluding hydrogens is 464 g/mol. The normalized spacial score (nSPS) is 17.5. The molecule has 1 fully saturated rings. The summed E-state index contributed by atoms with van der Waals surface area (Å²) in [6.07, 6.45) is 0.834. The van der Waals surface area contributed by atoms with E-state index in [1.165, 1.54) is 16.2 Å². The predicted octanol–water partition coefficient (Wildman–Crippen LogP) is 5.92. The molecule has 35 heavy (non-hydrogen) atoms. The second-order valence-electron chi connectivity index (χ2n) is 8.46. The van der Waals surface area contributed by atoms with Gasteiger partial charge in [-0.15, -0.1) is 0 Å². The van der Waals surface area contributed by atoms with Gasteiger partial charge in [-0.25, -0.2) is 4.98 Å². The number of furan rings is 1. The van der Waals surface area contributed by atoms with Gasteiger partial charge in [0.2, 0.25) is 0 Å². The monoisotopic (exact) mass is 488 g/mol. The van der Waals surface area contributed by atoms with Crippen LogP contribution in [0.15, 0.2) is 64.6 Å². The Labute approximate surface area is 206 Å². The Morgan fingerprint density at radius 3 is 2.71 bits per heavy atom. The zero-order chi connectivity index (χ0) is 24.7. The Morgan fingerprint density at radius 1 is 1.14 bits per heavy atom. The molecule has 8 heteroatoms. The molecule has 1 aliphatic heterocycles. The van der Waals surface area contributed by atoms with Crippen LogP contribution in [0.1, 0.15) is 42.0 Å². The number of ketones is 1. The van der Waals surface area contributed by atoms with Crippen LogP contribution in [0.3, 0.4) is 0 Å². The van der Waals surface area contributed by atoms with E-state index in [9.17, 15) is 14.7 Å². The van der Waals surface area contributed by atoms with E-state index in [2.05, 4.69) is 4.98 Å². The molecule has 0 bridgehead atoms. The fourth-order valence-electron chi connectivity index (χ4n) is 4.13. The van der Waals surface area contributed by atoms with Gasteiger partial charge >= 0.3 is 5.91 Å². The summed E-state index contributed by atoms with van der Waals surface area (Å²) in [5.74, 6) is -0.282. The molecule has 1 aliphatic rings. The summed E-state index contributed by atoms with van der Waals surface area (Å²) >= 11 is 1.32. The molecule has 1 atom stereocenters. The van der Waals surface area contributed by atoms with E-state index in [-0.39, 0.29) is 11.3 Å². The highest BCUT2D eigenvalue weighted by Gasteiger charge is 2.49. The van der Waals surface area contributed by atoms with E-state index in [1.807, 2.05) is 32.0 Å². The van der Waals surface area contributed by atoms with E-state index in [4.69, 9.17) is 9.15 Å². The zero-order valence-corrected chi connectivity index (χ0v) is 20.4. The summed E-state index contributed by atoms with van der Waals surface area (Å²) in [4.78, 5) is 32.6. The number of aliphatic hydroxyl groups is 1. The van der Waals surface area contributed by atoms with Gasteiger partial charge < -0.3 is 14.3 Å². The number of anilines is 1. The van der Waals surface area contributed by atoms with Gasteiger partial charge in [-0.2, -0.15) is 0 Å². The molecular formula is C27H24N2O5S. The smallest absolute Gasteiger partial charge is 0.302 e. The molecule has 178 valence electrons. The van der Waals surface area contributed by atoms with Crippen molar-refractivity contribution in [2.45, 2.75) is 33.2 Å². The molecule has 7 nitrogen and oxygen atoms in total. The molecule has 0 radical (unpaired) electrons. The van der Waals surface area contributed by atoms with Crippen molar-refractivity contribution in [2.75, 3.05) is 11.5 Å². The first kappa shape index (κ1) is 22.9. The minimum atomic E-state index is -0.953. The number of amides is 1. The number of aliphatic hydroxyl groups excluding tert-OH is 1. The molecule has 4 aromatic rings. The number of benzene rings is 2. The lowest BCUT2D eigenvalue weighted by molar-refractivity contribution is -0.132. The summed E-state index contributed by atoms with van der Waals surface area (Å²) in [6, 6.07) is 15.2. The maximum atomic E-state index is 13.3. The minimum absolute atomic E-state index is 0.0487. The molecule has 5 rings (SSSR count). The maximum Gasteiger partial charge on any atom is 0.302 e. The number of hydrogen-bond acceptors (Lipinski definition) is 7. The number of aryl methyl sites for hydroxylation is 2. The van der Waals surface area contributed by atoms with Crippen LogP contribution in [0.5, 0.6) is 5.75 Å². The standard InChI is InChI=1S/C27H24N2O5S/c1-4-12-33-18-7-5-6-17(14-18)24(30)22-23(20-11-9-16(3)34-20)29(26(32)25(22)31)27-28-19-10-8-15(2)13-21(19)35-27/h5-11,13-14,23,30H,4,12H2,1-3H3. The van der Waals surface area contributed by atoms with Crippen LogP contribution in [0.2, 0.25) is 0 Å². The van der Waals surface area contributed by atoms with Gasteiger partial charge in [0.1, 0.15) is 29.1 Å². The van der Waals surface area contributed by atoms with Gasteiger partial charge in [-0.3, -0.25) is 14.5 Å². The number of fused-ring (bicyclic) bond motifs is 1. The van der Waals surface area contributed by atoms with Crippen molar-refractivity contribution in [1.29, 1.82) is 0 Å². The molecule has 0 aliphatic carbocycles. The number of thiazole rings is 1. The molecule has 0 spiro atoms. The Bertz CT molecular complexity index is 1480. The van der Waals surface area contributed by atoms with Gasteiger partial charge in [-0.05, 0) is 62.2 Å². The van der Waals surface area contributed by atoms with Gasteiger partial charge in [0.15, 0.2) is 5.13 Å². The predicted molar refractivity (Wildman–Crippen MR) is 135 cm³/mol. The van der Waals surface area contributed by atoms with Crippen molar-refractivity contribution in [3.63, 3.8) is 0 Å². The Balaban J connectivity index is 1.67. The van der Waals surface area contributed by atoms with Gasteiger partial charge in [-0.1, -0.05) is 36.5 Å². The average molecular weight is 489 g/mol. The average Bonchev–Trinajstić information content (AvgIpc) is 3.53. The van der Waals surface area contributed by atoms with Crippen LogP contribution in [0, 0.1) is 13.8 Å². The van der Waals surface area contributed by atoms with Gasteiger partial charge in [0.25, 0.3) is 5.78 Å². The first-order chi connectivity index (χ1) is 16.9. The molecule has 1 N–H and O–H groups in total. The van der Waals surface area contributed by atoms with Crippen molar-refractivity contribution < 1.29 is 23.8 Å². The van der Waals surface area contributed by atoms with Gasteiger partial charge in [0, 0.05) is 5.56 Å². The largest absolute Gasteiger partial charge is 0.507 e. The Kier molecular flexibility index (Phi) is 5.90. The SMILES string of the molecule is CCCOc1cccc(C(O)=C2C(=O)C(=O)N(c3nc4ccc(C)cc4s3)C2c2ccc(C)o2)c1. The third-order valence-electron chi connectivity index (χ3n) is 5.79. The van der Waals surface area contributed by atoms with Crippen LogP contribution in [-0.4, -0.2) is 28.4 Å². The molecule has 2 aromatic heterocycles. The topological polar surface area (TPSA) is 92.9 Å². The second kappa shape index (κ2) is 9.03. The van der Waals surface area contributed by atoms with Crippen LogP contribution >= 0.6 is 11.3 Å². The van der Waals surface area contributed by atoms with E-state index in [0.29, 0.717) is 34.6 Å². The number of nitrogens with zero attached hydrogens (tertiary/aromatic N) is 2. The molecule has 3 heterocycles. The Hall–Kier alpha value is -3.91. The lowest BCUT2D eigenvalue weighted by atomic mass is 9.99. The Morgan fingerprint density at radius 2 is 1.97 bits per heavy atom. The van der Waals surface area contributed by atoms with Crippen LogP contribution in [0.25, 0.3) is 16.0 Å². The number of rotatable bonds is 6. The first-order valence-electron chi connectivity index (χ1n) is 11.3. The molecule has 1 unspecified atom stereocenters. The first-order valence-corrected chi connectivity index (χ1v) is 12.2. The molecule has 0 saturated carbocycles. The summed E-state index contributed by atoms with van der Waals surface area (Å²) in [7, 11) is 0. The fraction of sp³-hybridized carbons (Fsp3) is 0.222. The quantitative estimate of drug-likeness (QED) is 0.206.